The van der Waals surface area contributed by atoms with Crippen LogP contribution in [0.25, 0.3) is 0 Å². The highest BCUT2D eigenvalue weighted by molar-refractivity contribution is 5.93. The molecule has 0 bridgehead atoms. The monoisotopic (exact) mass is 417 g/mol. The molecule has 1 aromatic rings. The highest BCUT2D eigenvalue weighted by atomic mass is 16.6. The van der Waals surface area contributed by atoms with Gasteiger partial charge in [-0.3, -0.25) is 14.9 Å². The number of esters is 1. The van der Waals surface area contributed by atoms with Crippen LogP contribution >= 0.6 is 0 Å². The van der Waals surface area contributed by atoms with E-state index >= 15 is 0 Å². The third-order valence-electron chi connectivity index (χ3n) is 5.95. The first-order valence-electron chi connectivity index (χ1n) is 10.7. The Bertz CT molecular complexity index is 802. The van der Waals surface area contributed by atoms with Gasteiger partial charge >= 0.3 is 5.97 Å². The third kappa shape index (κ3) is 5.29. The fraction of sp³-hybridized carbons (Fsp3) is 0.636. The number of ether oxygens (including phenoxy) is 1. The van der Waals surface area contributed by atoms with E-state index in [-0.39, 0.29) is 23.8 Å². The summed E-state index contributed by atoms with van der Waals surface area (Å²) >= 11 is 0. The summed E-state index contributed by atoms with van der Waals surface area (Å²) in [7, 11) is 0. The molecule has 0 radical (unpaired) electrons. The minimum atomic E-state index is -0.719. The number of carbonyl (C=O) groups excluding carboxylic acids is 2. The van der Waals surface area contributed by atoms with E-state index in [4.69, 9.17) is 4.74 Å². The van der Waals surface area contributed by atoms with Gasteiger partial charge in [0.05, 0.1) is 10.5 Å². The molecule has 2 aliphatic heterocycles. The van der Waals surface area contributed by atoms with E-state index in [1.165, 1.54) is 6.07 Å². The van der Waals surface area contributed by atoms with Gasteiger partial charge in [0.1, 0.15) is 5.69 Å². The number of nitro groups is 1. The predicted octanol–water partition coefficient (Wildman–Crippen LogP) is 3.49. The van der Waals surface area contributed by atoms with Crippen LogP contribution in [-0.4, -0.2) is 54.5 Å². The molecular weight excluding hydrogens is 386 g/mol. The van der Waals surface area contributed by atoms with E-state index in [1.54, 1.807) is 17.0 Å². The molecule has 3 unspecified atom stereocenters. The summed E-state index contributed by atoms with van der Waals surface area (Å²) < 4.78 is 5.17. The third-order valence-corrected chi connectivity index (χ3v) is 5.95. The molecule has 2 fully saturated rings. The lowest BCUT2D eigenvalue weighted by Crippen LogP contribution is -2.41. The second-order valence-corrected chi connectivity index (χ2v) is 8.97. The molecule has 30 heavy (non-hydrogen) atoms. The summed E-state index contributed by atoms with van der Waals surface area (Å²) in [5, 5.41) is 11.7. The van der Waals surface area contributed by atoms with Gasteiger partial charge in [-0.2, -0.15) is 0 Å². The van der Waals surface area contributed by atoms with Crippen LogP contribution in [0.5, 0.6) is 0 Å². The van der Waals surface area contributed by atoms with Crippen molar-refractivity contribution in [3.63, 3.8) is 0 Å². The quantitative estimate of drug-likeness (QED) is 0.414. The fourth-order valence-electron chi connectivity index (χ4n) is 4.64. The van der Waals surface area contributed by atoms with Crippen LogP contribution in [0, 0.1) is 27.9 Å². The maximum absolute atomic E-state index is 12.4. The van der Waals surface area contributed by atoms with Crippen LogP contribution in [0.3, 0.4) is 0 Å². The largest absolute Gasteiger partial charge is 0.452 e. The lowest BCUT2D eigenvalue weighted by atomic mass is 9.91. The number of carbonyl (C=O) groups is 2. The number of nitrogens with zero attached hydrogens (tertiary/aromatic N) is 3. The van der Waals surface area contributed by atoms with Gasteiger partial charge in [0, 0.05) is 32.2 Å². The van der Waals surface area contributed by atoms with E-state index in [0.717, 1.165) is 32.4 Å². The van der Waals surface area contributed by atoms with Crippen molar-refractivity contribution in [1.82, 2.24) is 4.90 Å². The summed E-state index contributed by atoms with van der Waals surface area (Å²) in [6.45, 7) is 8.87. The fourth-order valence-corrected chi connectivity index (χ4v) is 4.64. The normalized spacial score (nSPS) is 24.4. The van der Waals surface area contributed by atoms with Crippen LogP contribution in [-0.2, 0) is 9.53 Å². The van der Waals surface area contributed by atoms with Crippen LogP contribution in [0.4, 0.5) is 11.4 Å². The number of rotatable bonds is 5. The molecule has 2 aliphatic rings. The molecule has 2 heterocycles. The summed E-state index contributed by atoms with van der Waals surface area (Å²) in [6, 6.07) is 4.42. The number of piperidine rings is 2. The van der Waals surface area contributed by atoms with Crippen molar-refractivity contribution in [3.8, 4) is 0 Å². The Kier molecular flexibility index (Phi) is 6.95. The van der Waals surface area contributed by atoms with Gasteiger partial charge in [-0.25, -0.2) is 4.79 Å². The minimum absolute atomic E-state index is 0.0865. The molecule has 164 valence electrons. The maximum atomic E-state index is 12.4. The molecule has 1 amide bonds. The Labute approximate surface area is 177 Å². The Morgan fingerprint density at radius 3 is 2.47 bits per heavy atom. The smallest absolute Gasteiger partial charge is 0.338 e. The first-order valence-corrected chi connectivity index (χ1v) is 10.7. The number of amides is 1. The second kappa shape index (κ2) is 9.45. The summed E-state index contributed by atoms with van der Waals surface area (Å²) in [5.41, 5.74) is 0.499. The molecule has 0 N–H and O–H groups in total. The molecule has 8 nitrogen and oxygen atoms in total. The van der Waals surface area contributed by atoms with E-state index in [1.807, 2.05) is 4.90 Å². The molecule has 3 atom stereocenters. The zero-order valence-electron chi connectivity index (χ0n) is 18.0. The molecule has 0 aliphatic carbocycles. The van der Waals surface area contributed by atoms with Crippen molar-refractivity contribution in [2.24, 2.45) is 17.8 Å². The van der Waals surface area contributed by atoms with E-state index < -0.39 is 10.9 Å². The van der Waals surface area contributed by atoms with Gasteiger partial charge in [0.25, 0.3) is 11.6 Å². The van der Waals surface area contributed by atoms with Gasteiger partial charge in [-0.05, 0) is 49.1 Å². The van der Waals surface area contributed by atoms with Crippen LogP contribution < -0.4 is 4.90 Å². The molecule has 1 aromatic carbocycles. The number of hydrogen-bond acceptors (Lipinski definition) is 6. The van der Waals surface area contributed by atoms with E-state index in [2.05, 4.69) is 20.8 Å². The average Bonchev–Trinajstić information content (AvgIpc) is 2.70. The Hall–Kier alpha value is -2.64. The number of nitro benzene ring substituents is 1. The zero-order chi connectivity index (χ0) is 21.8. The molecule has 0 saturated carbocycles. The van der Waals surface area contributed by atoms with Crippen LogP contribution in [0.2, 0.25) is 0 Å². The van der Waals surface area contributed by atoms with Crippen molar-refractivity contribution < 1.29 is 19.2 Å². The van der Waals surface area contributed by atoms with Crippen LogP contribution in [0.15, 0.2) is 18.2 Å². The standard InChI is InChI=1S/C22H31N3O5/c1-15-5-4-8-23(11-15)21(26)14-30-22(27)18-6-7-19(20(10-18)25(28)29)24-12-16(2)9-17(3)13-24/h6-7,10,15-17H,4-5,8-9,11-14H2,1-3H3. The molecular formula is C22H31N3O5. The van der Waals surface area contributed by atoms with Gasteiger partial charge in [-0.1, -0.05) is 20.8 Å². The number of anilines is 1. The lowest BCUT2D eigenvalue weighted by Gasteiger charge is -2.36. The number of benzene rings is 1. The Morgan fingerprint density at radius 1 is 1.13 bits per heavy atom. The zero-order valence-corrected chi connectivity index (χ0v) is 18.0. The van der Waals surface area contributed by atoms with Gasteiger partial charge in [0.2, 0.25) is 0 Å². The predicted molar refractivity (Wildman–Crippen MR) is 114 cm³/mol. The van der Waals surface area contributed by atoms with Crippen molar-refractivity contribution in [1.29, 1.82) is 0 Å². The second-order valence-electron chi connectivity index (χ2n) is 8.97. The molecule has 0 spiro atoms. The minimum Gasteiger partial charge on any atom is -0.452 e. The summed E-state index contributed by atoms with van der Waals surface area (Å²) in [6.07, 6.45) is 3.13. The average molecular weight is 418 g/mol. The highest BCUT2D eigenvalue weighted by Gasteiger charge is 2.28. The van der Waals surface area contributed by atoms with E-state index in [9.17, 15) is 19.7 Å². The van der Waals surface area contributed by atoms with Crippen molar-refractivity contribution in [3.05, 3.63) is 33.9 Å². The Balaban J connectivity index is 1.68. The van der Waals surface area contributed by atoms with E-state index in [0.29, 0.717) is 36.5 Å². The first-order chi connectivity index (χ1) is 14.2. The highest BCUT2D eigenvalue weighted by Crippen LogP contribution is 2.34. The summed E-state index contributed by atoms with van der Waals surface area (Å²) in [5.74, 6) is 0.387. The van der Waals surface area contributed by atoms with Crippen molar-refractivity contribution in [2.75, 3.05) is 37.7 Å². The van der Waals surface area contributed by atoms with Gasteiger partial charge in [-0.15, -0.1) is 0 Å². The molecule has 3 rings (SSSR count). The van der Waals surface area contributed by atoms with Crippen molar-refractivity contribution in [2.45, 2.75) is 40.0 Å². The Morgan fingerprint density at radius 2 is 1.83 bits per heavy atom. The number of likely N-dealkylation sites (tertiary alicyclic amines) is 1. The first kappa shape index (κ1) is 22.1. The van der Waals surface area contributed by atoms with Crippen LogP contribution in [0.1, 0.15) is 50.4 Å². The SMILES string of the molecule is CC1CCCN(C(=O)COC(=O)c2ccc(N3CC(C)CC(C)C3)c([N+](=O)[O-])c2)C1. The van der Waals surface area contributed by atoms with Gasteiger partial charge in [0.15, 0.2) is 6.61 Å². The summed E-state index contributed by atoms with van der Waals surface area (Å²) in [4.78, 5) is 39.7. The lowest BCUT2D eigenvalue weighted by molar-refractivity contribution is -0.384. The number of hydrogen-bond donors (Lipinski definition) is 0. The topological polar surface area (TPSA) is 93.0 Å². The van der Waals surface area contributed by atoms with Gasteiger partial charge < -0.3 is 14.5 Å². The molecule has 8 heteroatoms. The molecule has 2 saturated heterocycles. The van der Waals surface area contributed by atoms with Crippen molar-refractivity contribution >= 4 is 23.3 Å². The maximum Gasteiger partial charge on any atom is 0.338 e. The molecule has 0 aromatic heterocycles.